The molecule has 1 aromatic carbocycles. The highest BCUT2D eigenvalue weighted by atomic mass is 35.5. The van der Waals surface area contributed by atoms with Crippen LogP contribution >= 0.6 is 22.9 Å². The first-order chi connectivity index (χ1) is 10.2. The highest BCUT2D eigenvalue weighted by Gasteiger charge is 2.10. The maximum absolute atomic E-state index is 11.1. The van der Waals surface area contributed by atoms with E-state index in [-0.39, 0.29) is 5.56 Å². The van der Waals surface area contributed by atoms with Crippen LogP contribution in [0.5, 0.6) is 0 Å². The highest BCUT2D eigenvalue weighted by molar-refractivity contribution is 7.15. The molecule has 0 unspecified atom stereocenters. The van der Waals surface area contributed by atoms with Crippen molar-refractivity contribution in [3.63, 3.8) is 0 Å². The molecule has 2 N–H and O–H groups in total. The van der Waals surface area contributed by atoms with Crippen LogP contribution in [0, 0.1) is 0 Å². The van der Waals surface area contributed by atoms with E-state index in [1.807, 2.05) is 11.6 Å². The van der Waals surface area contributed by atoms with Gasteiger partial charge >= 0.3 is 5.97 Å². The molecule has 106 valence electrons. The first-order valence-electron chi connectivity index (χ1n) is 5.89. The number of anilines is 1. The largest absolute Gasteiger partial charge is 0.478 e. The number of para-hydroxylation sites is 1. The van der Waals surface area contributed by atoms with Crippen LogP contribution in [-0.4, -0.2) is 26.7 Å². The van der Waals surface area contributed by atoms with Crippen LogP contribution < -0.4 is 5.43 Å². The number of carboxylic acid groups (broad SMARTS) is 1. The zero-order chi connectivity index (χ0) is 14.8. The van der Waals surface area contributed by atoms with Gasteiger partial charge in [-0.1, -0.05) is 23.7 Å². The Morgan fingerprint density at radius 1 is 1.48 bits per heavy atom. The molecule has 0 aliphatic rings. The number of carbonyl (C=O) groups is 1. The third-order valence-electron chi connectivity index (χ3n) is 2.76. The lowest BCUT2D eigenvalue weighted by molar-refractivity contribution is 0.0698. The second kappa shape index (κ2) is 5.55. The highest BCUT2D eigenvalue weighted by Crippen LogP contribution is 2.20. The Hall–Kier alpha value is -2.38. The Labute approximate surface area is 128 Å². The molecule has 0 amide bonds. The standard InChI is InChI=1S/C13H9ClN4O2S/c14-11-10(16-13-18(11)5-6-21-13)7-15-17-9-4-2-1-3-8(9)12(19)20/h1-7,17H,(H,19,20)/b15-7+. The van der Waals surface area contributed by atoms with E-state index in [1.54, 1.807) is 22.6 Å². The Morgan fingerprint density at radius 2 is 2.29 bits per heavy atom. The Kier molecular flexibility index (Phi) is 3.59. The number of aromatic carboxylic acids is 1. The maximum Gasteiger partial charge on any atom is 0.337 e. The van der Waals surface area contributed by atoms with E-state index in [1.165, 1.54) is 23.6 Å². The number of hydrazone groups is 1. The smallest absolute Gasteiger partial charge is 0.337 e. The summed E-state index contributed by atoms with van der Waals surface area (Å²) < 4.78 is 1.75. The zero-order valence-electron chi connectivity index (χ0n) is 10.5. The van der Waals surface area contributed by atoms with E-state index in [4.69, 9.17) is 16.7 Å². The van der Waals surface area contributed by atoms with E-state index < -0.39 is 5.97 Å². The number of halogens is 1. The van der Waals surface area contributed by atoms with Gasteiger partial charge < -0.3 is 5.11 Å². The van der Waals surface area contributed by atoms with Crippen molar-refractivity contribution in [2.45, 2.75) is 0 Å². The van der Waals surface area contributed by atoms with Crippen LogP contribution in [0.4, 0.5) is 5.69 Å². The van der Waals surface area contributed by atoms with Crippen LogP contribution in [-0.2, 0) is 0 Å². The normalized spacial score (nSPS) is 11.3. The predicted molar refractivity (Wildman–Crippen MR) is 82.7 cm³/mol. The minimum Gasteiger partial charge on any atom is -0.478 e. The van der Waals surface area contributed by atoms with Gasteiger partial charge in [0.2, 0.25) is 0 Å². The molecule has 0 aliphatic heterocycles. The topological polar surface area (TPSA) is 79.0 Å². The number of nitrogens with zero attached hydrogens (tertiary/aromatic N) is 3. The summed E-state index contributed by atoms with van der Waals surface area (Å²) >= 11 is 7.62. The molecule has 2 heterocycles. The molecule has 3 rings (SSSR count). The van der Waals surface area contributed by atoms with Crippen molar-refractivity contribution in [2.75, 3.05) is 5.43 Å². The predicted octanol–water partition coefficient (Wildman–Crippen LogP) is 3.19. The first-order valence-corrected chi connectivity index (χ1v) is 7.15. The molecular weight excluding hydrogens is 312 g/mol. The Balaban J connectivity index is 1.83. The average molecular weight is 321 g/mol. The quantitative estimate of drug-likeness (QED) is 0.571. The monoisotopic (exact) mass is 320 g/mol. The van der Waals surface area contributed by atoms with Gasteiger partial charge in [-0.05, 0) is 12.1 Å². The third kappa shape index (κ3) is 2.61. The summed E-state index contributed by atoms with van der Waals surface area (Å²) in [5.74, 6) is -1.02. The molecule has 21 heavy (non-hydrogen) atoms. The second-order valence-corrected chi connectivity index (χ2v) is 5.30. The molecule has 0 atom stereocenters. The molecule has 0 saturated carbocycles. The summed E-state index contributed by atoms with van der Waals surface area (Å²) in [5.41, 5.74) is 3.75. The van der Waals surface area contributed by atoms with Crippen LogP contribution in [0.15, 0.2) is 40.9 Å². The van der Waals surface area contributed by atoms with Gasteiger partial charge in [0, 0.05) is 11.6 Å². The molecule has 6 nitrogen and oxygen atoms in total. The van der Waals surface area contributed by atoms with Crippen LogP contribution in [0.25, 0.3) is 4.96 Å². The number of hydrogen-bond donors (Lipinski definition) is 2. The minimum absolute atomic E-state index is 0.145. The van der Waals surface area contributed by atoms with Gasteiger partial charge in [0.05, 0.1) is 17.5 Å². The fourth-order valence-corrected chi connectivity index (χ4v) is 2.79. The minimum atomic E-state index is -1.02. The van der Waals surface area contributed by atoms with Gasteiger partial charge in [-0.3, -0.25) is 9.83 Å². The number of thiazole rings is 1. The number of carboxylic acids is 1. The van der Waals surface area contributed by atoms with Crippen molar-refractivity contribution in [3.8, 4) is 0 Å². The molecule has 2 aromatic heterocycles. The van der Waals surface area contributed by atoms with Crippen molar-refractivity contribution >= 4 is 45.8 Å². The molecule has 0 radical (unpaired) electrons. The van der Waals surface area contributed by atoms with Gasteiger partial charge in [-0.25, -0.2) is 9.78 Å². The second-order valence-electron chi connectivity index (χ2n) is 4.06. The van der Waals surface area contributed by atoms with Gasteiger partial charge in [-0.15, -0.1) is 11.3 Å². The van der Waals surface area contributed by atoms with Crippen molar-refractivity contribution in [1.29, 1.82) is 0 Å². The molecule has 8 heteroatoms. The van der Waals surface area contributed by atoms with E-state index in [2.05, 4.69) is 15.5 Å². The maximum atomic E-state index is 11.1. The fourth-order valence-electron chi connectivity index (χ4n) is 1.79. The first kappa shape index (κ1) is 13.6. The van der Waals surface area contributed by atoms with Crippen LogP contribution in [0.2, 0.25) is 5.15 Å². The van der Waals surface area contributed by atoms with E-state index in [0.29, 0.717) is 16.5 Å². The number of nitrogens with one attached hydrogen (secondary N) is 1. The summed E-state index contributed by atoms with van der Waals surface area (Å²) in [6, 6.07) is 6.51. The molecule has 0 bridgehead atoms. The number of rotatable bonds is 4. The van der Waals surface area contributed by atoms with Crippen molar-refractivity contribution in [1.82, 2.24) is 9.38 Å². The van der Waals surface area contributed by atoms with Crippen molar-refractivity contribution < 1.29 is 9.90 Å². The third-order valence-corrected chi connectivity index (χ3v) is 3.89. The lowest BCUT2D eigenvalue weighted by atomic mass is 10.2. The lowest BCUT2D eigenvalue weighted by Gasteiger charge is -2.03. The number of benzene rings is 1. The summed E-state index contributed by atoms with van der Waals surface area (Å²) in [6.07, 6.45) is 3.28. The van der Waals surface area contributed by atoms with Gasteiger partial charge in [0.25, 0.3) is 0 Å². The molecule has 0 spiro atoms. The van der Waals surface area contributed by atoms with Gasteiger partial charge in [0.1, 0.15) is 10.8 Å². The number of fused-ring (bicyclic) bond motifs is 1. The van der Waals surface area contributed by atoms with Crippen LogP contribution in [0.3, 0.4) is 0 Å². The lowest BCUT2D eigenvalue weighted by Crippen LogP contribution is -2.02. The van der Waals surface area contributed by atoms with E-state index in [9.17, 15) is 4.79 Å². The Morgan fingerprint density at radius 3 is 3.05 bits per heavy atom. The average Bonchev–Trinajstić information content (AvgIpc) is 3.03. The van der Waals surface area contributed by atoms with E-state index >= 15 is 0 Å². The zero-order valence-corrected chi connectivity index (χ0v) is 12.1. The van der Waals surface area contributed by atoms with Crippen LogP contribution in [0.1, 0.15) is 16.1 Å². The van der Waals surface area contributed by atoms with Gasteiger partial charge in [0.15, 0.2) is 4.96 Å². The van der Waals surface area contributed by atoms with E-state index in [0.717, 1.165) is 4.96 Å². The fraction of sp³-hybridized carbons (Fsp3) is 0. The summed E-state index contributed by atoms with van der Waals surface area (Å²) in [6.45, 7) is 0. The van der Waals surface area contributed by atoms with Crippen molar-refractivity contribution in [3.05, 3.63) is 52.3 Å². The van der Waals surface area contributed by atoms with Gasteiger partial charge in [-0.2, -0.15) is 5.10 Å². The SMILES string of the molecule is O=C(O)c1ccccc1N/N=C/c1nc2sccn2c1Cl. The Bertz CT molecular complexity index is 840. The van der Waals surface area contributed by atoms with Crippen molar-refractivity contribution in [2.24, 2.45) is 5.10 Å². The molecule has 0 saturated heterocycles. The molecule has 0 aliphatic carbocycles. The molecule has 3 aromatic rings. The number of hydrogen-bond acceptors (Lipinski definition) is 5. The summed E-state index contributed by atoms with van der Waals surface area (Å²) in [7, 11) is 0. The number of imidazole rings is 1. The molecule has 0 fully saturated rings. The summed E-state index contributed by atoms with van der Waals surface area (Å²) in [5, 5.41) is 15.4. The summed E-state index contributed by atoms with van der Waals surface area (Å²) in [4.78, 5) is 16.1. The molecular formula is C13H9ClN4O2S. The number of aromatic nitrogens is 2.